The number of hydrogen-bond acceptors (Lipinski definition) is 7. The summed E-state index contributed by atoms with van der Waals surface area (Å²) in [6.45, 7) is 4.11. The topological polar surface area (TPSA) is 96.3 Å². The number of nitrogens with zero attached hydrogens (tertiary/aromatic N) is 6. The van der Waals surface area contributed by atoms with Crippen LogP contribution in [0.3, 0.4) is 0 Å². The van der Waals surface area contributed by atoms with E-state index < -0.39 is 11.7 Å². The predicted octanol–water partition coefficient (Wildman–Crippen LogP) is 3.29. The minimum Gasteiger partial charge on any atom is -0.378 e. The summed E-state index contributed by atoms with van der Waals surface area (Å²) in [5, 5.41) is 6.93. The number of hydrogen-bond donors (Lipinski definition) is 2. The van der Waals surface area contributed by atoms with Gasteiger partial charge in [0.1, 0.15) is 11.4 Å². The van der Waals surface area contributed by atoms with E-state index in [0.717, 1.165) is 27.5 Å². The van der Waals surface area contributed by atoms with Crippen LogP contribution in [0.25, 0.3) is 16.9 Å². The fourth-order valence-electron chi connectivity index (χ4n) is 3.58. The largest absolute Gasteiger partial charge is 0.421 e. The number of aryl methyl sites for hydroxylation is 1. The van der Waals surface area contributed by atoms with Crippen molar-refractivity contribution in [2.24, 2.45) is 0 Å². The van der Waals surface area contributed by atoms with E-state index in [9.17, 15) is 13.2 Å². The average Bonchev–Trinajstić information content (AvgIpc) is 3.46. The Morgan fingerprint density at radius 1 is 1.09 bits per heavy atom. The molecule has 0 aliphatic carbocycles. The van der Waals surface area contributed by atoms with Gasteiger partial charge in [0.05, 0.1) is 37.8 Å². The van der Waals surface area contributed by atoms with Crippen molar-refractivity contribution in [2.75, 3.05) is 36.5 Å². The van der Waals surface area contributed by atoms with E-state index in [2.05, 4.69) is 30.4 Å². The van der Waals surface area contributed by atoms with Gasteiger partial charge in [-0.2, -0.15) is 32.8 Å². The fraction of sp³-hybridized carbons (Fsp3) is 0.333. The molecule has 5 rings (SSSR count). The molecule has 0 atom stereocenters. The number of fused-ring (bicyclic) bond motifs is 1. The monoisotopic (exact) mass is 458 g/mol. The van der Waals surface area contributed by atoms with Crippen molar-refractivity contribution in [3.63, 3.8) is 0 Å². The second kappa shape index (κ2) is 8.35. The molecule has 1 aliphatic rings. The van der Waals surface area contributed by atoms with Gasteiger partial charge in [-0.3, -0.25) is 0 Å². The van der Waals surface area contributed by atoms with Crippen molar-refractivity contribution >= 4 is 17.5 Å². The molecule has 0 unspecified atom stereocenters. The smallest absolute Gasteiger partial charge is 0.378 e. The summed E-state index contributed by atoms with van der Waals surface area (Å²) < 4.78 is 46.9. The lowest BCUT2D eigenvalue weighted by molar-refractivity contribution is -0.136. The minimum absolute atomic E-state index is 0.144. The van der Waals surface area contributed by atoms with E-state index >= 15 is 0 Å². The molecule has 0 radical (unpaired) electrons. The van der Waals surface area contributed by atoms with Crippen LogP contribution in [-0.2, 0) is 17.5 Å². The molecule has 0 spiro atoms. The zero-order chi connectivity index (χ0) is 23.0. The van der Waals surface area contributed by atoms with Gasteiger partial charge in [-0.05, 0) is 12.5 Å². The standard InChI is InChI=1S/C21H21F3N8O/c1-13-2-4-14(5-3-13)16-11-25-17(28-16)12-26-19-30-20(31-6-8-33-9-7-31)29-18-15(21(22,23)24)10-27-32(18)19/h2-5,10-11H,6-9,12H2,1H3,(H,25,28)(H,26,29,30). The number of alkyl halides is 3. The van der Waals surface area contributed by atoms with Crippen LogP contribution in [0, 0.1) is 6.92 Å². The van der Waals surface area contributed by atoms with Crippen LogP contribution in [0.5, 0.6) is 0 Å². The molecule has 0 saturated carbocycles. The fourth-order valence-corrected chi connectivity index (χ4v) is 3.58. The van der Waals surface area contributed by atoms with Crippen LogP contribution < -0.4 is 10.2 Å². The summed E-state index contributed by atoms with van der Waals surface area (Å²) >= 11 is 0. The number of aromatic amines is 1. The van der Waals surface area contributed by atoms with E-state index in [4.69, 9.17) is 4.74 Å². The van der Waals surface area contributed by atoms with Crippen molar-refractivity contribution in [2.45, 2.75) is 19.6 Å². The average molecular weight is 458 g/mol. The van der Waals surface area contributed by atoms with Crippen LogP contribution in [0.2, 0.25) is 0 Å². The molecule has 1 aliphatic heterocycles. The number of rotatable bonds is 5. The van der Waals surface area contributed by atoms with Crippen LogP contribution in [0.4, 0.5) is 25.1 Å². The Morgan fingerprint density at radius 3 is 2.58 bits per heavy atom. The highest BCUT2D eigenvalue weighted by Gasteiger charge is 2.36. The number of H-pyrrole nitrogens is 1. The lowest BCUT2D eigenvalue weighted by atomic mass is 10.1. The summed E-state index contributed by atoms with van der Waals surface area (Å²) in [6.07, 6.45) is -2.10. The molecule has 4 aromatic rings. The van der Waals surface area contributed by atoms with Crippen LogP contribution in [0.15, 0.2) is 36.7 Å². The maximum atomic E-state index is 13.5. The summed E-state index contributed by atoms with van der Waals surface area (Å²) in [4.78, 5) is 18.0. The third-order valence-corrected chi connectivity index (χ3v) is 5.36. The third kappa shape index (κ3) is 4.33. The highest BCUT2D eigenvalue weighted by molar-refractivity contribution is 5.59. The quantitative estimate of drug-likeness (QED) is 0.474. The van der Waals surface area contributed by atoms with Gasteiger partial charge in [-0.25, -0.2) is 4.98 Å². The molecule has 0 amide bonds. The number of ether oxygens (including phenoxy) is 1. The Balaban J connectivity index is 1.44. The lowest BCUT2D eigenvalue weighted by Gasteiger charge is -2.27. The van der Waals surface area contributed by atoms with Gasteiger partial charge in [-0.15, -0.1) is 0 Å². The highest BCUT2D eigenvalue weighted by atomic mass is 19.4. The van der Waals surface area contributed by atoms with Gasteiger partial charge < -0.3 is 19.9 Å². The van der Waals surface area contributed by atoms with Gasteiger partial charge in [0.25, 0.3) is 0 Å². The molecule has 0 bridgehead atoms. The molecule has 3 aromatic heterocycles. The molecule has 4 heterocycles. The minimum atomic E-state index is -4.58. The second-order valence-corrected chi connectivity index (χ2v) is 7.70. The SMILES string of the molecule is Cc1ccc(-c2cnc(CNc3nc(N4CCOCC4)nc4c(C(F)(F)F)cnn34)[nH]2)cc1. The first-order valence-corrected chi connectivity index (χ1v) is 10.4. The Hall–Kier alpha value is -3.67. The van der Waals surface area contributed by atoms with Crippen molar-refractivity contribution in [3.05, 3.63) is 53.6 Å². The first-order chi connectivity index (χ1) is 15.9. The molecule has 12 heteroatoms. The Kier molecular flexibility index (Phi) is 5.36. The summed E-state index contributed by atoms with van der Waals surface area (Å²) in [5.74, 6) is 0.942. The van der Waals surface area contributed by atoms with Gasteiger partial charge >= 0.3 is 6.18 Å². The number of imidazole rings is 1. The van der Waals surface area contributed by atoms with Crippen molar-refractivity contribution in [1.82, 2.24) is 29.5 Å². The maximum Gasteiger partial charge on any atom is 0.421 e. The van der Waals surface area contributed by atoms with Crippen LogP contribution in [-0.4, -0.2) is 55.9 Å². The van der Waals surface area contributed by atoms with Gasteiger partial charge in [0.2, 0.25) is 11.9 Å². The summed E-state index contributed by atoms with van der Waals surface area (Å²) in [5.41, 5.74) is 1.76. The Labute approximate surface area is 186 Å². The number of morpholine rings is 1. The normalized spacial score (nSPS) is 14.7. The maximum absolute atomic E-state index is 13.5. The molecule has 9 nitrogen and oxygen atoms in total. The van der Waals surface area contributed by atoms with E-state index in [1.54, 1.807) is 11.1 Å². The predicted molar refractivity (Wildman–Crippen MR) is 115 cm³/mol. The molecule has 33 heavy (non-hydrogen) atoms. The summed E-state index contributed by atoms with van der Waals surface area (Å²) in [7, 11) is 0. The number of benzene rings is 1. The van der Waals surface area contributed by atoms with E-state index in [-0.39, 0.29) is 24.1 Å². The van der Waals surface area contributed by atoms with E-state index in [0.29, 0.717) is 32.1 Å². The number of nitrogens with one attached hydrogen (secondary N) is 2. The third-order valence-electron chi connectivity index (χ3n) is 5.36. The van der Waals surface area contributed by atoms with Crippen molar-refractivity contribution < 1.29 is 17.9 Å². The van der Waals surface area contributed by atoms with Gasteiger partial charge in [0.15, 0.2) is 5.65 Å². The highest BCUT2D eigenvalue weighted by Crippen LogP contribution is 2.33. The van der Waals surface area contributed by atoms with Gasteiger partial charge in [0, 0.05) is 13.1 Å². The molecular weight excluding hydrogens is 437 g/mol. The zero-order valence-corrected chi connectivity index (χ0v) is 17.7. The van der Waals surface area contributed by atoms with E-state index in [1.807, 2.05) is 31.2 Å². The van der Waals surface area contributed by atoms with Crippen LogP contribution >= 0.6 is 0 Å². The number of halogens is 3. The molecule has 2 N–H and O–H groups in total. The summed E-state index contributed by atoms with van der Waals surface area (Å²) in [6, 6.07) is 8.00. The van der Waals surface area contributed by atoms with Crippen molar-refractivity contribution in [1.29, 1.82) is 0 Å². The molecule has 1 fully saturated rings. The van der Waals surface area contributed by atoms with E-state index in [1.165, 1.54) is 0 Å². The molecular formula is C21H21F3N8O. The molecule has 172 valence electrons. The lowest BCUT2D eigenvalue weighted by Crippen LogP contribution is -2.37. The first-order valence-electron chi connectivity index (χ1n) is 10.4. The molecule has 1 aromatic carbocycles. The zero-order valence-electron chi connectivity index (χ0n) is 17.7. The van der Waals surface area contributed by atoms with Gasteiger partial charge in [-0.1, -0.05) is 29.8 Å². The van der Waals surface area contributed by atoms with Crippen molar-refractivity contribution in [3.8, 4) is 11.3 Å². The van der Waals surface area contributed by atoms with Crippen LogP contribution in [0.1, 0.15) is 17.0 Å². The Morgan fingerprint density at radius 2 is 1.85 bits per heavy atom. The molecule has 1 saturated heterocycles. The number of aromatic nitrogens is 6. The number of anilines is 2. The second-order valence-electron chi connectivity index (χ2n) is 7.70. The Bertz CT molecular complexity index is 1260. The first kappa shape index (κ1) is 21.2.